The van der Waals surface area contributed by atoms with Crippen LogP contribution in [-0.2, 0) is 6.54 Å². The van der Waals surface area contributed by atoms with Crippen molar-refractivity contribution in [3.05, 3.63) is 60.9 Å². The molecule has 1 aromatic heterocycles. The summed E-state index contributed by atoms with van der Waals surface area (Å²) in [6.45, 7) is 5.86. The molecule has 1 aliphatic heterocycles. The number of guanidine groups is 1. The van der Waals surface area contributed by atoms with Gasteiger partial charge in [0.2, 0.25) is 0 Å². The van der Waals surface area contributed by atoms with E-state index in [0.29, 0.717) is 0 Å². The normalized spacial score (nSPS) is 14.7. The molecule has 2 heterocycles. The van der Waals surface area contributed by atoms with Gasteiger partial charge in [0.05, 0.1) is 17.4 Å². The van der Waals surface area contributed by atoms with Gasteiger partial charge in [-0.05, 0) is 30.7 Å². The van der Waals surface area contributed by atoms with E-state index < -0.39 is 0 Å². The van der Waals surface area contributed by atoms with Crippen molar-refractivity contribution < 1.29 is 0 Å². The highest BCUT2D eigenvalue weighted by molar-refractivity contribution is 14.0. The highest BCUT2D eigenvalue weighted by Gasteiger charge is 2.19. The minimum absolute atomic E-state index is 0. The lowest BCUT2D eigenvalue weighted by molar-refractivity contribution is 0.372. The molecule has 7 heteroatoms. The maximum Gasteiger partial charge on any atom is 0.193 e. The topological polar surface area (TPSA) is 48.7 Å². The Balaban J connectivity index is 0.00000240. The Bertz CT molecular complexity index is 915. The number of piperazine rings is 1. The van der Waals surface area contributed by atoms with Crippen LogP contribution < -0.4 is 10.2 Å². The zero-order chi connectivity index (χ0) is 19.2. The van der Waals surface area contributed by atoms with E-state index in [-0.39, 0.29) is 24.0 Å². The van der Waals surface area contributed by atoms with Crippen molar-refractivity contribution in [1.29, 1.82) is 0 Å². The van der Waals surface area contributed by atoms with Crippen molar-refractivity contribution in [2.45, 2.75) is 13.0 Å². The molecular weight excluding hydrogens is 475 g/mol. The van der Waals surface area contributed by atoms with Crippen molar-refractivity contribution in [3.63, 3.8) is 0 Å². The Labute approximate surface area is 189 Å². The molecule has 6 nitrogen and oxygen atoms in total. The summed E-state index contributed by atoms with van der Waals surface area (Å²) in [7, 11) is 1.87. The quantitative estimate of drug-likeness (QED) is 0.251. The number of rotatable bonds is 5. The van der Waals surface area contributed by atoms with E-state index in [9.17, 15) is 0 Å². The lowest BCUT2D eigenvalue weighted by atomic mass is 10.2. The van der Waals surface area contributed by atoms with Crippen molar-refractivity contribution in [3.8, 4) is 0 Å². The summed E-state index contributed by atoms with van der Waals surface area (Å²) in [6, 6.07) is 18.9. The number of aryl methyl sites for hydroxylation is 1. The van der Waals surface area contributed by atoms with Crippen molar-refractivity contribution in [2.24, 2.45) is 4.99 Å². The Morgan fingerprint density at radius 3 is 2.48 bits per heavy atom. The molecule has 3 aromatic rings. The van der Waals surface area contributed by atoms with Crippen molar-refractivity contribution >= 4 is 46.7 Å². The number of imidazole rings is 1. The number of benzene rings is 2. The maximum atomic E-state index is 4.49. The van der Waals surface area contributed by atoms with Crippen LogP contribution in [0.4, 0.5) is 5.69 Å². The Morgan fingerprint density at radius 2 is 1.72 bits per heavy atom. The zero-order valence-corrected chi connectivity index (χ0v) is 19.2. The number of fused-ring (bicyclic) bond motifs is 1. The van der Waals surface area contributed by atoms with Crippen LogP contribution in [0.2, 0.25) is 0 Å². The molecule has 29 heavy (non-hydrogen) atoms. The molecule has 1 aliphatic rings. The van der Waals surface area contributed by atoms with Crippen LogP contribution in [0, 0.1) is 0 Å². The van der Waals surface area contributed by atoms with Gasteiger partial charge in [-0.25, -0.2) is 4.98 Å². The highest BCUT2D eigenvalue weighted by atomic mass is 127. The number of halogens is 1. The second-order valence-corrected chi connectivity index (χ2v) is 7.06. The lowest BCUT2D eigenvalue weighted by Gasteiger charge is -2.37. The van der Waals surface area contributed by atoms with Crippen molar-refractivity contribution in [2.75, 3.05) is 44.7 Å². The molecule has 0 bridgehead atoms. The van der Waals surface area contributed by atoms with Gasteiger partial charge < -0.3 is 19.7 Å². The standard InChI is InChI=1S/C22H28N6.HI/c1-23-22(27-16-14-26(15-17-27)19-8-3-2-4-9-19)24-12-7-13-28-18-25-20-10-5-6-11-21(20)28;/h2-6,8-11,18H,7,12-17H2,1H3,(H,23,24);1H. The van der Waals surface area contributed by atoms with E-state index in [2.05, 4.69) is 78.2 Å². The summed E-state index contributed by atoms with van der Waals surface area (Å²) in [4.78, 5) is 13.7. The fraction of sp³-hybridized carbons (Fsp3) is 0.364. The predicted molar refractivity (Wildman–Crippen MR) is 131 cm³/mol. The molecule has 154 valence electrons. The molecule has 2 aromatic carbocycles. The summed E-state index contributed by atoms with van der Waals surface area (Å²) in [6.07, 6.45) is 2.96. The molecule has 0 amide bonds. The summed E-state index contributed by atoms with van der Waals surface area (Å²) < 4.78 is 2.22. The molecular formula is C22H29IN6. The fourth-order valence-corrected chi connectivity index (χ4v) is 3.79. The maximum absolute atomic E-state index is 4.49. The van der Waals surface area contributed by atoms with Crippen LogP contribution in [-0.4, -0.2) is 60.2 Å². The Morgan fingerprint density at radius 1 is 1.00 bits per heavy atom. The largest absolute Gasteiger partial charge is 0.368 e. The van der Waals surface area contributed by atoms with Gasteiger partial charge in [0.25, 0.3) is 0 Å². The van der Waals surface area contributed by atoms with Crippen molar-refractivity contribution in [1.82, 2.24) is 19.8 Å². The number of aliphatic imine (C=N–C) groups is 1. The van der Waals surface area contributed by atoms with Gasteiger partial charge in [-0.1, -0.05) is 30.3 Å². The Hall–Kier alpha value is -2.29. The summed E-state index contributed by atoms with van der Waals surface area (Å²) >= 11 is 0. The molecule has 0 saturated carbocycles. The third-order valence-corrected chi connectivity index (χ3v) is 5.30. The number of aromatic nitrogens is 2. The smallest absolute Gasteiger partial charge is 0.193 e. The van der Waals surface area contributed by atoms with E-state index in [1.165, 1.54) is 11.2 Å². The average molecular weight is 504 g/mol. The lowest BCUT2D eigenvalue weighted by Crippen LogP contribution is -2.52. The van der Waals surface area contributed by atoms with Gasteiger partial charge >= 0.3 is 0 Å². The highest BCUT2D eigenvalue weighted by Crippen LogP contribution is 2.15. The molecule has 1 N–H and O–H groups in total. The predicted octanol–water partition coefficient (Wildman–Crippen LogP) is 3.44. The number of hydrogen-bond donors (Lipinski definition) is 1. The average Bonchev–Trinajstić information content (AvgIpc) is 3.18. The number of anilines is 1. The van der Waals surface area contributed by atoms with Crippen LogP contribution in [0.1, 0.15) is 6.42 Å². The first-order chi connectivity index (χ1) is 13.8. The number of hydrogen-bond acceptors (Lipinski definition) is 3. The molecule has 0 spiro atoms. The second kappa shape index (κ2) is 10.5. The number of nitrogens with zero attached hydrogens (tertiary/aromatic N) is 5. The van der Waals surface area contributed by atoms with Gasteiger partial charge in [0.1, 0.15) is 0 Å². The summed E-state index contributed by atoms with van der Waals surface area (Å²) in [5, 5.41) is 3.53. The van der Waals surface area contributed by atoms with E-state index in [4.69, 9.17) is 0 Å². The van der Waals surface area contributed by atoms with E-state index in [1.54, 1.807) is 0 Å². The molecule has 1 saturated heterocycles. The number of para-hydroxylation sites is 3. The van der Waals surface area contributed by atoms with E-state index >= 15 is 0 Å². The molecule has 0 unspecified atom stereocenters. The fourth-order valence-electron chi connectivity index (χ4n) is 3.79. The van der Waals surface area contributed by atoms with Crippen LogP contribution in [0.3, 0.4) is 0 Å². The van der Waals surface area contributed by atoms with Gasteiger partial charge in [-0.3, -0.25) is 4.99 Å². The van der Waals surface area contributed by atoms with Gasteiger partial charge in [0.15, 0.2) is 5.96 Å². The van der Waals surface area contributed by atoms with E-state index in [1.807, 2.05) is 19.4 Å². The second-order valence-electron chi connectivity index (χ2n) is 7.06. The molecule has 0 atom stereocenters. The monoisotopic (exact) mass is 504 g/mol. The SMILES string of the molecule is CN=C(NCCCn1cnc2ccccc21)N1CCN(c2ccccc2)CC1.I. The third kappa shape index (κ3) is 5.20. The molecule has 4 rings (SSSR count). The zero-order valence-electron chi connectivity index (χ0n) is 16.9. The van der Waals surface area contributed by atoms with Gasteiger partial charge in [-0.2, -0.15) is 0 Å². The Kier molecular flexibility index (Phi) is 7.74. The minimum atomic E-state index is 0. The minimum Gasteiger partial charge on any atom is -0.368 e. The molecule has 0 radical (unpaired) electrons. The first kappa shape index (κ1) is 21.4. The summed E-state index contributed by atoms with van der Waals surface area (Å²) in [5.41, 5.74) is 3.56. The van der Waals surface area contributed by atoms with Crippen LogP contribution in [0.25, 0.3) is 11.0 Å². The van der Waals surface area contributed by atoms with E-state index in [0.717, 1.165) is 57.2 Å². The molecule has 1 fully saturated rings. The molecule has 0 aliphatic carbocycles. The number of nitrogens with one attached hydrogen (secondary N) is 1. The first-order valence-electron chi connectivity index (χ1n) is 10.0. The van der Waals surface area contributed by atoms with Crippen LogP contribution in [0.5, 0.6) is 0 Å². The first-order valence-corrected chi connectivity index (χ1v) is 10.0. The van der Waals surface area contributed by atoms with Crippen LogP contribution >= 0.6 is 24.0 Å². The third-order valence-electron chi connectivity index (χ3n) is 5.30. The van der Waals surface area contributed by atoms with Gasteiger partial charge in [-0.15, -0.1) is 24.0 Å². The van der Waals surface area contributed by atoms with Crippen LogP contribution in [0.15, 0.2) is 65.9 Å². The van der Waals surface area contributed by atoms with Gasteiger partial charge in [0, 0.05) is 52.0 Å². The summed E-state index contributed by atoms with van der Waals surface area (Å²) in [5.74, 6) is 1.00.